The Hall–Kier alpha value is -3.12. The first-order valence-electron chi connectivity index (χ1n) is 23.3. The van der Waals surface area contributed by atoms with Crippen molar-refractivity contribution in [2.45, 2.75) is 206 Å². The van der Waals surface area contributed by atoms with Gasteiger partial charge in [0.1, 0.15) is 0 Å². The Balaban J connectivity index is 8.82. The summed E-state index contributed by atoms with van der Waals surface area (Å²) in [6, 6.07) is -13.5. The van der Waals surface area contributed by atoms with Gasteiger partial charge in [-0.3, -0.25) is 0 Å². The normalized spacial score (nSPS) is 18.4. The molecule has 2 unspecified atom stereocenters. The molecule has 0 aliphatic carbocycles. The maximum Gasteiger partial charge on any atom is 0.483 e. The van der Waals surface area contributed by atoms with Crippen LogP contribution in [-0.4, -0.2) is 190 Å². The molecule has 0 aliphatic heterocycles. The predicted octanol–water partition coefficient (Wildman–Crippen LogP) is 20.0. The zero-order valence-corrected chi connectivity index (χ0v) is 48.5. The summed E-state index contributed by atoms with van der Waals surface area (Å²) in [4.78, 5) is 0. The lowest BCUT2D eigenvalue weighted by Gasteiger charge is -2.45. The highest BCUT2D eigenvalue weighted by Gasteiger charge is 2.99. The third-order valence-electron chi connectivity index (χ3n) is 13.6. The molecule has 0 radical (unpaired) electrons. The van der Waals surface area contributed by atoms with Gasteiger partial charge in [-0.2, -0.15) is 224 Å². The fourth-order valence-corrected chi connectivity index (χ4v) is 20.2. The molecule has 2 atom stereocenters. The van der Waals surface area contributed by atoms with Crippen molar-refractivity contribution in [2.75, 3.05) is 21.3 Å². The second-order valence-electron chi connectivity index (χ2n) is 19.5. The van der Waals surface area contributed by atoms with E-state index in [1.165, 1.54) is 0 Å². The molecule has 0 aromatic carbocycles. The Morgan fingerprint density at radius 2 is 0.344 bits per heavy atom. The first kappa shape index (κ1) is 92.9. The van der Waals surface area contributed by atoms with E-state index in [0.717, 1.165) is 0 Å². The van der Waals surface area contributed by atoms with Crippen molar-refractivity contribution in [3.05, 3.63) is 0 Å². The molecular weight excluding hydrogens is 1580 g/mol. The predicted molar refractivity (Wildman–Crippen MR) is 212 cm³/mol. The minimum atomic E-state index is -9.52. The Morgan fingerprint density at radius 1 is 0.198 bits per heavy atom. The van der Waals surface area contributed by atoms with E-state index in [0.29, 0.717) is 0 Å². The van der Waals surface area contributed by atoms with E-state index in [2.05, 4.69) is 13.3 Å². The largest absolute Gasteiger partial charge is 0.483 e. The van der Waals surface area contributed by atoms with Gasteiger partial charge in [-0.15, -0.1) is 0 Å². The Kier molecular flexibility index (Phi) is 24.9. The Morgan fingerprint density at radius 3 is 0.479 bits per heavy atom. The van der Waals surface area contributed by atoms with E-state index in [1.54, 1.807) is 0 Å². The van der Waals surface area contributed by atoms with Crippen molar-refractivity contribution in [3.8, 4) is 0 Å². The molecule has 0 spiro atoms. The molecule has 0 aromatic rings. The maximum atomic E-state index is 15.5. The van der Waals surface area contributed by atoms with Crippen LogP contribution in [0, 0.1) is 0 Å². The summed E-state index contributed by atoms with van der Waals surface area (Å²) >= 11 is 0. The summed E-state index contributed by atoms with van der Waals surface area (Å²) < 4.78 is 740. The monoisotopic (exact) mass is 1610 g/mol. The minimum Gasteiger partial charge on any atom is -0.398 e. The molecule has 0 N–H and O–H groups in total. The van der Waals surface area contributed by atoms with Crippen LogP contribution in [0.3, 0.4) is 0 Å². The molecule has 0 amide bonds. The summed E-state index contributed by atoms with van der Waals surface area (Å²) in [5.41, 5.74) is 0. The Labute approximate surface area is 499 Å². The molecular formula is C37H31F51O5Si3. The molecule has 578 valence electrons. The highest BCUT2D eigenvalue weighted by molar-refractivity contribution is 6.84. The molecule has 0 heterocycles. The third kappa shape index (κ3) is 13.4. The minimum absolute atomic E-state index is 0.0553. The number of hydrogen-bond donors (Lipinski definition) is 0. The smallest absolute Gasteiger partial charge is 0.398 e. The van der Waals surface area contributed by atoms with E-state index >= 15 is 35.1 Å². The Bertz CT molecular complexity index is 2500. The van der Waals surface area contributed by atoms with Gasteiger partial charge < -0.3 is 21.5 Å². The van der Waals surface area contributed by atoms with Crippen LogP contribution in [-0.2, 0) is 21.5 Å². The summed E-state index contributed by atoms with van der Waals surface area (Å²) in [5.74, 6) is -188. The lowest BCUT2D eigenvalue weighted by molar-refractivity contribution is -0.461. The lowest BCUT2D eigenvalue weighted by Crippen LogP contribution is -2.74. The molecule has 0 fully saturated rings. The average Bonchev–Trinajstić information content (AvgIpc) is 0.709. The fourth-order valence-electron chi connectivity index (χ4n) is 7.12. The van der Waals surface area contributed by atoms with Gasteiger partial charge in [0.2, 0.25) is 0 Å². The summed E-state index contributed by atoms with van der Waals surface area (Å²) in [6.07, 6.45) is -37.1. The van der Waals surface area contributed by atoms with Gasteiger partial charge in [-0.25, -0.2) is 0 Å². The highest BCUT2D eigenvalue weighted by atomic mass is 28.5. The SMILES string of the molecule is CC[Si](CCC(F)(F)C(F)(F)C(F)(F)C(F)(F)C(F)(F)C(F)(F)C(F)(F)C(F)(F)F)(OC)O[Si](CCC(F)(F)C(F)(F)C(F)(F)C(F)(F)C(F)(F)C(F)(F)C(F)(F)C(F)(F)F)(OC)O[Si](CC)(CCC(F)(F)C(F)(F)C(F)(F)C(F)(F)C(F)(F)C(F)(F)C(F)(F)C(F)(F)F)OC. The van der Waals surface area contributed by atoms with E-state index in [9.17, 15) is 189 Å². The van der Waals surface area contributed by atoms with Crippen LogP contribution in [0.25, 0.3) is 0 Å². The van der Waals surface area contributed by atoms with Gasteiger partial charge in [-0.1, -0.05) is 13.8 Å². The van der Waals surface area contributed by atoms with Crippen molar-refractivity contribution in [3.63, 3.8) is 0 Å². The second kappa shape index (κ2) is 25.7. The van der Waals surface area contributed by atoms with Crippen LogP contribution in [0.2, 0.25) is 30.2 Å². The molecule has 0 bridgehead atoms. The van der Waals surface area contributed by atoms with Gasteiger partial charge in [0.05, 0.1) is 0 Å². The number of hydrogen-bond acceptors (Lipinski definition) is 5. The van der Waals surface area contributed by atoms with Gasteiger partial charge in [0, 0.05) is 46.6 Å². The van der Waals surface area contributed by atoms with Crippen molar-refractivity contribution in [2.24, 2.45) is 0 Å². The van der Waals surface area contributed by atoms with Gasteiger partial charge >= 0.3 is 169 Å². The third-order valence-corrected chi connectivity index (χ3v) is 26.2. The number of halogens is 51. The fraction of sp³-hybridized carbons (Fsp3) is 1.00. The number of rotatable bonds is 36. The summed E-state index contributed by atoms with van der Waals surface area (Å²) in [5, 5.41) is 0. The topological polar surface area (TPSA) is 46.2 Å². The zero-order chi connectivity index (χ0) is 78.7. The summed E-state index contributed by atoms with van der Waals surface area (Å²) in [6.45, 7) is 0.111. The highest BCUT2D eigenvalue weighted by Crippen LogP contribution is 2.69. The van der Waals surface area contributed by atoms with Crippen LogP contribution in [0.5, 0.6) is 0 Å². The second-order valence-corrected chi connectivity index (χ2v) is 30.3. The van der Waals surface area contributed by atoms with Crippen molar-refractivity contribution >= 4 is 25.9 Å². The van der Waals surface area contributed by atoms with Crippen LogP contribution in [0.15, 0.2) is 0 Å². The molecule has 0 saturated carbocycles. The van der Waals surface area contributed by atoms with E-state index in [1.807, 2.05) is 0 Å². The first-order valence-corrected chi connectivity index (χ1v) is 29.7. The zero-order valence-electron chi connectivity index (χ0n) is 45.5. The van der Waals surface area contributed by atoms with Crippen LogP contribution >= 0.6 is 0 Å². The van der Waals surface area contributed by atoms with Crippen molar-refractivity contribution in [1.82, 2.24) is 0 Å². The quantitative estimate of drug-likeness (QED) is 0.0462. The molecule has 59 heteroatoms. The van der Waals surface area contributed by atoms with Gasteiger partial charge in [0.15, 0.2) is 0 Å². The van der Waals surface area contributed by atoms with Gasteiger partial charge in [0.25, 0.3) is 0 Å². The number of alkyl halides is 51. The first-order chi connectivity index (χ1) is 41.1. The summed E-state index contributed by atoms with van der Waals surface area (Å²) in [7, 11) is -22.0. The molecule has 0 rings (SSSR count). The van der Waals surface area contributed by atoms with Crippen LogP contribution < -0.4 is 0 Å². The standard InChI is InChI=1S/C37H31F51O5Si3/c1-6-94(89-3,11-8-14(38,39)17(44,45)20(50,51)23(56,57)26(62,63)29(68,69)32(74,75)35(80,81)82)92-96(91-5,13-10-16(42,43)19(48,49)22(54,55)25(60,61)28(66,67)31(72,73)34(78,79)37(86,87)88)93-95(7-2,90-4)12-9-15(40,41)18(46,47)21(52,53)24(58,59)27(64,65)30(70,71)33(76,77)36(83,84)85/h6-13H2,1-5H3. The van der Waals surface area contributed by atoms with Crippen molar-refractivity contribution < 1.29 is 245 Å². The average molecular weight is 1610 g/mol. The molecule has 0 aromatic heterocycles. The molecule has 5 nitrogen and oxygen atoms in total. The molecule has 0 saturated heterocycles. The molecule has 96 heavy (non-hydrogen) atoms. The molecule has 0 aliphatic rings. The van der Waals surface area contributed by atoms with Crippen LogP contribution in [0.4, 0.5) is 224 Å². The lowest BCUT2D eigenvalue weighted by atomic mass is 9.88. The van der Waals surface area contributed by atoms with E-state index in [4.69, 9.17) is 8.23 Å². The van der Waals surface area contributed by atoms with Crippen molar-refractivity contribution in [1.29, 1.82) is 0 Å². The van der Waals surface area contributed by atoms with E-state index in [-0.39, 0.29) is 28.1 Å². The van der Waals surface area contributed by atoms with E-state index < -0.39 is 225 Å². The van der Waals surface area contributed by atoms with Crippen LogP contribution in [0.1, 0.15) is 33.1 Å². The maximum absolute atomic E-state index is 15.5. The van der Waals surface area contributed by atoms with Gasteiger partial charge in [-0.05, 0) is 24.2 Å².